The van der Waals surface area contributed by atoms with E-state index in [9.17, 15) is 26.4 Å². The summed E-state index contributed by atoms with van der Waals surface area (Å²) >= 11 is 0. The molecule has 0 aliphatic carbocycles. The number of benzene rings is 1. The van der Waals surface area contributed by atoms with E-state index in [1.807, 2.05) is 16.7 Å². The first-order valence-corrected chi connectivity index (χ1v) is 12.0. The van der Waals surface area contributed by atoms with Crippen molar-refractivity contribution in [3.05, 3.63) is 29.8 Å². The molecule has 2 aliphatic rings. The normalized spacial score (nSPS) is 25.4. The van der Waals surface area contributed by atoms with Crippen LogP contribution in [-0.2, 0) is 21.0 Å². The molecule has 0 N–H and O–H groups in total. The molecule has 1 aromatic carbocycles. The van der Waals surface area contributed by atoms with Gasteiger partial charge in [-0.15, -0.1) is 0 Å². The Labute approximate surface area is 182 Å². The number of piperidine rings is 1. The summed E-state index contributed by atoms with van der Waals surface area (Å²) in [6.45, 7) is 8.80. The number of carbonyl (C=O) groups excluding carboxylic acids is 1. The molecule has 0 saturated carbocycles. The van der Waals surface area contributed by atoms with Gasteiger partial charge in [0.25, 0.3) is 0 Å². The van der Waals surface area contributed by atoms with Crippen LogP contribution in [0.4, 0.5) is 13.2 Å². The van der Waals surface area contributed by atoms with Crippen LogP contribution in [0, 0.1) is 11.8 Å². The highest BCUT2D eigenvalue weighted by Crippen LogP contribution is 2.30. The monoisotopic (exact) mass is 461 g/mol. The maximum atomic E-state index is 13.0. The third kappa shape index (κ3) is 5.40. The van der Waals surface area contributed by atoms with E-state index in [-0.39, 0.29) is 29.9 Å². The van der Waals surface area contributed by atoms with Crippen LogP contribution in [0.2, 0.25) is 0 Å². The zero-order valence-electron chi connectivity index (χ0n) is 18.1. The summed E-state index contributed by atoms with van der Waals surface area (Å²) in [5.74, 6) is 0.994. The lowest BCUT2D eigenvalue weighted by molar-refractivity contribution is -0.139. The fourth-order valence-electron chi connectivity index (χ4n) is 4.56. The highest BCUT2D eigenvalue weighted by Gasteiger charge is 2.35. The van der Waals surface area contributed by atoms with Crippen molar-refractivity contribution in [2.24, 2.45) is 11.8 Å². The van der Waals surface area contributed by atoms with E-state index >= 15 is 0 Å². The van der Waals surface area contributed by atoms with Crippen molar-refractivity contribution >= 4 is 15.9 Å². The molecule has 2 fully saturated rings. The number of nitrogens with zero attached hydrogens (tertiary/aromatic N) is 3. The number of hydrogen-bond acceptors (Lipinski definition) is 4. The van der Waals surface area contributed by atoms with Gasteiger partial charge in [-0.05, 0) is 49.4 Å². The summed E-state index contributed by atoms with van der Waals surface area (Å²) in [5.41, 5.74) is -0.884. The van der Waals surface area contributed by atoms with Gasteiger partial charge in [0.2, 0.25) is 15.9 Å². The average molecular weight is 462 g/mol. The Bertz CT molecular complexity index is 871. The maximum absolute atomic E-state index is 13.0. The Morgan fingerprint density at radius 3 is 2.00 bits per heavy atom. The number of sulfonamides is 1. The van der Waals surface area contributed by atoms with Crippen LogP contribution in [0.25, 0.3) is 0 Å². The number of carbonyl (C=O) groups is 1. The molecule has 1 amide bonds. The van der Waals surface area contributed by atoms with Crippen LogP contribution in [0.15, 0.2) is 29.2 Å². The van der Waals surface area contributed by atoms with Crippen molar-refractivity contribution in [1.82, 2.24) is 14.1 Å². The van der Waals surface area contributed by atoms with E-state index in [2.05, 4.69) is 13.8 Å². The summed E-state index contributed by atoms with van der Waals surface area (Å²) in [4.78, 5) is 16.7. The Kier molecular flexibility index (Phi) is 7.02. The van der Waals surface area contributed by atoms with Crippen LogP contribution < -0.4 is 0 Å². The van der Waals surface area contributed by atoms with Gasteiger partial charge in [-0.1, -0.05) is 13.8 Å². The number of piperazine rings is 1. The van der Waals surface area contributed by atoms with E-state index < -0.39 is 21.8 Å². The predicted molar refractivity (Wildman–Crippen MR) is 111 cm³/mol. The molecule has 0 radical (unpaired) electrons. The lowest BCUT2D eigenvalue weighted by Crippen LogP contribution is -2.56. The Balaban J connectivity index is 1.61. The molecular formula is C21H30F3N3O3S. The van der Waals surface area contributed by atoms with Gasteiger partial charge in [0, 0.05) is 39.3 Å². The number of rotatable bonds is 4. The second-order valence-corrected chi connectivity index (χ2v) is 10.8. The van der Waals surface area contributed by atoms with E-state index in [1.165, 1.54) is 4.31 Å². The molecule has 10 heteroatoms. The van der Waals surface area contributed by atoms with Crippen LogP contribution in [-0.4, -0.2) is 73.7 Å². The number of likely N-dealkylation sites (tertiary alicyclic amines) is 1. The molecule has 2 heterocycles. The minimum Gasteiger partial charge on any atom is -0.341 e. The van der Waals surface area contributed by atoms with Crippen molar-refractivity contribution in [3.8, 4) is 0 Å². The minimum absolute atomic E-state index is 0.0671. The first-order chi connectivity index (χ1) is 14.4. The molecule has 6 nitrogen and oxygen atoms in total. The Morgan fingerprint density at radius 1 is 1.00 bits per heavy atom. The van der Waals surface area contributed by atoms with E-state index in [0.717, 1.165) is 43.8 Å². The van der Waals surface area contributed by atoms with Gasteiger partial charge in [-0.2, -0.15) is 17.5 Å². The third-order valence-electron chi connectivity index (χ3n) is 6.18. The van der Waals surface area contributed by atoms with Gasteiger partial charge in [0.1, 0.15) is 0 Å². The van der Waals surface area contributed by atoms with Crippen molar-refractivity contribution < 1.29 is 26.4 Å². The van der Waals surface area contributed by atoms with Gasteiger partial charge in [0.15, 0.2) is 0 Å². The van der Waals surface area contributed by atoms with Gasteiger partial charge >= 0.3 is 6.18 Å². The fourth-order valence-corrected chi connectivity index (χ4v) is 5.98. The third-order valence-corrected chi connectivity index (χ3v) is 8.09. The van der Waals surface area contributed by atoms with Gasteiger partial charge in [0.05, 0.1) is 16.5 Å². The SMILES string of the molecule is C[C@@H]1C[C@H](C)CN(C(=O)[C@@H](C)N2CCN(S(=O)(=O)c3ccc(C(F)(F)F)cc3)CC2)C1. The molecular weight excluding hydrogens is 431 g/mol. The second-order valence-electron chi connectivity index (χ2n) is 8.83. The molecule has 3 rings (SSSR count). The molecule has 174 valence electrons. The zero-order valence-corrected chi connectivity index (χ0v) is 18.9. The number of alkyl halides is 3. The summed E-state index contributed by atoms with van der Waals surface area (Å²) in [6.07, 6.45) is -3.40. The topological polar surface area (TPSA) is 60.9 Å². The lowest BCUT2D eigenvalue weighted by atomic mass is 9.91. The first-order valence-electron chi connectivity index (χ1n) is 10.6. The van der Waals surface area contributed by atoms with Crippen molar-refractivity contribution in [1.29, 1.82) is 0 Å². The molecule has 3 atom stereocenters. The molecule has 0 bridgehead atoms. The summed E-state index contributed by atoms with van der Waals surface area (Å²) in [6, 6.07) is 3.22. The van der Waals surface area contributed by atoms with Crippen molar-refractivity contribution in [2.75, 3.05) is 39.3 Å². The molecule has 2 aliphatic heterocycles. The van der Waals surface area contributed by atoms with Gasteiger partial charge < -0.3 is 4.90 Å². The van der Waals surface area contributed by atoms with Crippen molar-refractivity contribution in [3.63, 3.8) is 0 Å². The maximum Gasteiger partial charge on any atom is 0.416 e. The van der Waals surface area contributed by atoms with E-state index in [1.54, 1.807) is 0 Å². The van der Waals surface area contributed by atoms with E-state index in [4.69, 9.17) is 0 Å². The molecule has 2 saturated heterocycles. The second kappa shape index (κ2) is 9.07. The standard InChI is InChI=1S/C21H30F3N3O3S/c1-15-12-16(2)14-26(13-15)20(28)17(3)25-8-10-27(11-9-25)31(29,30)19-6-4-18(5-7-19)21(22,23)24/h4-7,15-17H,8-14H2,1-3H3/t15-,16+,17-/m1/s1. The van der Waals surface area contributed by atoms with Crippen LogP contribution >= 0.6 is 0 Å². The van der Waals surface area contributed by atoms with Crippen LogP contribution in [0.3, 0.4) is 0 Å². The van der Waals surface area contributed by atoms with Crippen LogP contribution in [0.1, 0.15) is 32.8 Å². The minimum atomic E-state index is -4.51. The molecule has 0 spiro atoms. The number of hydrogen-bond donors (Lipinski definition) is 0. The van der Waals surface area contributed by atoms with Crippen LogP contribution in [0.5, 0.6) is 0 Å². The Morgan fingerprint density at radius 2 is 1.52 bits per heavy atom. The summed E-state index contributed by atoms with van der Waals surface area (Å²) in [5, 5.41) is 0. The quantitative estimate of drug-likeness (QED) is 0.692. The highest BCUT2D eigenvalue weighted by molar-refractivity contribution is 7.89. The Hall–Kier alpha value is -1.65. The fraction of sp³-hybridized carbons (Fsp3) is 0.667. The van der Waals surface area contributed by atoms with Gasteiger partial charge in [-0.25, -0.2) is 8.42 Å². The molecule has 31 heavy (non-hydrogen) atoms. The highest BCUT2D eigenvalue weighted by atomic mass is 32.2. The number of amides is 1. The van der Waals surface area contributed by atoms with Crippen molar-refractivity contribution in [2.45, 2.75) is 44.3 Å². The zero-order chi connectivity index (χ0) is 23.0. The molecule has 1 aromatic rings. The predicted octanol–water partition coefficient (Wildman–Crippen LogP) is 2.90. The largest absolute Gasteiger partial charge is 0.416 e. The lowest BCUT2D eigenvalue weighted by Gasteiger charge is -2.41. The summed E-state index contributed by atoms with van der Waals surface area (Å²) < 4.78 is 65.1. The molecule has 0 aromatic heterocycles. The van der Waals surface area contributed by atoms with E-state index in [0.29, 0.717) is 24.9 Å². The van der Waals surface area contributed by atoms with Gasteiger partial charge in [-0.3, -0.25) is 9.69 Å². The smallest absolute Gasteiger partial charge is 0.341 e. The first kappa shape index (κ1) is 24.0. The molecule has 0 unspecified atom stereocenters. The summed E-state index contributed by atoms with van der Waals surface area (Å²) in [7, 11) is -3.88. The average Bonchev–Trinajstić information content (AvgIpc) is 2.71. The number of halogens is 3.